The first-order valence-electron chi connectivity index (χ1n) is 8.68. The predicted molar refractivity (Wildman–Crippen MR) is 102 cm³/mol. The topological polar surface area (TPSA) is 65.1 Å². The molecule has 0 fully saturated rings. The van der Waals surface area contributed by atoms with Gasteiger partial charge >= 0.3 is 5.97 Å². The molecule has 0 saturated heterocycles. The van der Waals surface area contributed by atoms with Crippen molar-refractivity contribution < 1.29 is 23.8 Å². The normalized spacial score (nSPS) is 14.2. The van der Waals surface area contributed by atoms with E-state index < -0.39 is 5.97 Å². The van der Waals surface area contributed by atoms with Crippen LogP contribution in [0.3, 0.4) is 0 Å². The number of nitrogens with zero attached hydrogens (tertiary/aromatic N) is 1. The number of carbonyl (C=O) groups excluding carboxylic acids is 2. The molecule has 0 bridgehead atoms. The number of hydrogen-bond acceptors (Lipinski definition) is 6. The van der Waals surface area contributed by atoms with Gasteiger partial charge in [-0.05, 0) is 42.3 Å². The van der Waals surface area contributed by atoms with Crippen LogP contribution in [0.1, 0.15) is 25.0 Å². The first-order chi connectivity index (χ1) is 12.8. The summed E-state index contributed by atoms with van der Waals surface area (Å²) in [5.74, 6) is 0.320. The maximum absolute atomic E-state index is 12.1. The van der Waals surface area contributed by atoms with Crippen molar-refractivity contribution in [3.05, 3.63) is 46.2 Å². The molecule has 1 aliphatic rings. The van der Waals surface area contributed by atoms with E-state index in [1.54, 1.807) is 24.5 Å². The summed E-state index contributed by atoms with van der Waals surface area (Å²) in [5.41, 5.74) is 1.81. The van der Waals surface area contributed by atoms with Gasteiger partial charge < -0.3 is 19.1 Å². The highest BCUT2D eigenvalue weighted by Crippen LogP contribution is 2.41. The Kier molecular flexibility index (Phi) is 5.70. The number of rotatable bonds is 7. The molecule has 144 valence electrons. The Morgan fingerprint density at radius 2 is 2.07 bits per heavy atom. The number of thiophene rings is 1. The van der Waals surface area contributed by atoms with E-state index in [2.05, 4.69) is 0 Å². The van der Waals surface area contributed by atoms with E-state index >= 15 is 0 Å². The minimum absolute atomic E-state index is 0.264. The molecule has 1 aliphatic heterocycles. The number of amides is 1. The van der Waals surface area contributed by atoms with Crippen LogP contribution < -0.4 is 9.47 Å². The van der Waals surface area contributed by atoms with Crippen LogP contribution in [0.5, 0.6) is 11.5 Å². The lowest BCUT2D eigenvalue weighted by Gasteiger charge is -2.18. The van der Waals surface area contributed by atoms with Gasteiger partial charge in [-0.25, -0.2) is 4.79 Å². The molecule has 2 aromatic rings. The lowest BCUT2D eigenvalue weighted by molar-refractivity contribution is -0.153. The zero-order chi connectivity index (χ0) is 19.4. The van der Waals surface area contributed by atoms with E-state index in [-0.39, 0.29) is 24.7 Å². The van der Waals surface area contributed by atoms with Gasteiger partial charge in [0, 0.05) is 25.6 Å². The van der Waals surface area contributed by atoms with Gasteiger partial charge in [0.05, 0.1) is 0 Å². The first-order valence-corrected chi connectivity index (χ1v) is 9.63. The van der Waals surface area contributed by atoms with Crippen LogP contribution in [0.4, 0.5) is 0 Å². The van der Waals surface area contributed by atoms with Gasteiger partial charge in [-0.15, -0.1) is 0 Å². The summed E-state index contributed by atoms with van der Waals surface area (Å²) >= 11 is 1.57. The molecule has 7 heteroatoms. The number of hydrogen-bond donors (Lipinski definition) is 0. The molecule has 0 atom stereocenters. The molecule has 0 saturated carbocycles. The molecule has 0 aliphatic carbocycles. The molecule has 0 N–H and O–H groups in total. The summed E-state index contributed by atoms with van der Waals surface area (Å²) in [6.07, 6.45) is 0.787. The number of likely N-dealkylation sites (N-methyl/N-ethyl adjacent to an activating group) is 1. The fraction of sp³-hybridized carbons (Fsp3) is 0.400. The van der Waals surface area contributed by atoms with E-state index in [4.69, 9.17) is 14.2 Å². The molecular formula is C20H23NO5S. The second kappa shape index (κ2) is 8.00. The van der Waals surface area contributed by atoms with E-state index in [1.807, 2.05) is 42.8 Å². The molecule has 0 radical (unpaired) electrons. The van der Waals surface area contributed by atoms with E-state index in [0.29, 0.717) is 18.0 Å². The van der Waals surface area contributed by atoms with Crippen molar-refractivity contribution in [2.75, 3.05) is 20.3 Å². The lowest BCUT2D eigenvalue weighted by Crippen LogP contribution is -2.31. The quantitative estimate of drug-likeness (QED) is 0.681. The molecule has 0 spiro atoms. The third kappa shape index (κ3) is 5.01. The second-order valence-electron chi connectivity index (χ2n) is 7.11. The zero-order valence-corrected chi connectivity index (χ0v) is 16.5. The smallest absolute Gasteiger partial charge is 0.344 e. The van der Waals surface area contributed by atoms with Crippen molar-refractivity contribution in [1.29, 1.82) is 0 Å². The number of benzene rings is 1. The Labute approximate surface area is 162 Å². The third-order valence-electron chi connectivity index (χ3n) is 4.18. The zero-order valence-electron chi connectivity index (χ0n) is 15.7. The van der Waals surface area contributed by atoms with Crippen molar-refractivity contribution in [3.63, 3.8) is 0 Å². The highest BCUT2D eigenvalue weighted by atomic mass is 32.1. The number of ether oxygens (including phenoxy) is 3. The van der Waals surface area contributed by atoms with Gasteiger partial charge in [0.1, 0.15) is 5.60 Å². The average molecular weight is 389 g/mol. The van der Waals surface area contributed by atoms with Crippen molar-refractivity contribution >= 4 is 23.2 Å². The number of carbonyl (C=O) groups is 2. The Balaban J connectivity index is 1.46. The SMILES string of the molecule is CN(Cc1ccsc1)C(=O)COC(=O)COc1cccc2c1OC(C)(C)C2. The fourth-order valence-corrected chi connectivity index (χ4v) is 3.54. The van der Waals surface area contributed by atoms with Gasteiger partial charge in [0.2, 0.25) is 0 Å². The average Bonchev–Trinajstić information content (AvgIpc) is 3.23. The summed E-state index contributed by atoms with van der Waals surface area (Å²) in [5, 5.41) is 3.93. The maximum atomic E-state index is 12.1. The molecule has 27 heavy (non-hydrogen) atoms. The minimum Gasteiger partial charge on any atom is -0.483 e. The van der Waals surface area contributed by atoms with Crippen LogP contribution in [0.15, 0.2) is 35.0 Å². The molecular weight excluding hydrogens is 366 g/mol. The van der Waals surface area contributed by atoms with Crippen LogP contribution in [0, 0.1) is 0 Å². The maximum Gasteiger partial charge on any atom is 0.344 e. The van der Waals surface area contributed by atoms with Crippen LogP contribution in [-0.2, 0) is 27.3 Å². The van der Waals surface area contributed by atoms with E-state index in [1.165, 1.54) is 4.90 Å². The molecule has 2 heterocycles. The van der Waals surface area contributed by atoms with Gasteiger partial charge in [0.15, 0.2) is 24.7 Å². The summed E-state index contributed by atoms with van der Waals surface area (Å²) < 4.78 is 16.5. The van der Waals surface area contributed by atoms with Gasteiger partial charge in [-0.1, -0.05) is 12.1 Å². The number of fused-ring (bicyclic) bond motifs is 1. The molecule has 1 amide bonds. The predicted octanol–water partition coefficient (Wildman–Crippen LogP) is 3.04. The standard InChI is InChI=1S/C20H23NO5S/c1-20(2)9-15-5-4-6-16(19(15)26-20)24-12-18(23)25-11-17(22)21(3)10-14-7-8-27-13-14/h4-8,13H,9-12H2,1-3H3. The van der Waals surface area contributed by atoms with Crippen LogP contribution in [0.25, 0.3) is 0 Å². The van der Waals surface area contributed by atoms with Crippen LogP contribution in [0.2, 0.25) is 0 Å². The Bertz CT molecular complexity index is 816. The van der Waals surface area contributed by atoms with Crippen molar-refractivity contribution in [2.45, 2.75) is 32.4 Å². The number of esters is 1. The Hall–Kier alpha value is -2.54. The largest absolute Gasteiger partial charge is 0.483 e. The molecule has 1 aromatic carbocycles. The van der Waals surface area contributed by atoms with E-state index in [9.17, 15) is 9.59 Å². The molecule has 0 unspecified atom stereocenters. The molecule has 3 rings (SSSR count). The van der Waals surface area contributed by atoms with E-state index in [0.717, 1.165) is 17.5 Å². The monoisotopic (exact) mass is 389 g/mol. The first kappa shape index (κ1) is 19.2. The summed E-state index contributed by atoms with van der Waals surface area (Å²) in [6, 6.07) is 7.56. The second-order valence-corrected chi connectivity index (χ2v) is 7.89. The summed E-state index contributed by atoms with van der Waals surface area (Å²) in [6.45, 7) is 3.91. The van der Waals surface area contributed by atoms with Crippen LogP contribution >= 0.6 is 11.3 Å². The van der Waals surface area contributed by atoms with Gasteiger partial charge in [-0.2, -0.15) is 11.3 Å². The fourth-order valence-electron chi connectivity index (χ4n) is 2.88. The Morgan fingerprint density at radius 3 is 2.81 bits per heavy atom. The van der Waals surface area contributed by atoms with Crippen molar-refractivity contribution in [2.24, 2.45) is 0 Å². The van der Waals surface area contributed by atoms with Crippen molar-refractivity contribution in [1.82, 2.24) is 4.90 Å². The minimum atomic E-state index is -0.595. The third-order valence-corrected chi connectivity index (χ3v) is 4.91. The van der Waals surface area contributed by atoms with Gasteiger partial charge in [0.25, 0.3) is 5.91 Å². The summed E-state index contributed by atoms with van der Waals surface area (Å²) in [7, 11) is 1.68. The highest BCUT2D eigenvalue weighted by Gasteiger charge is 2.32. The lowest BCUT2D eigenvalue weighted by atomic mass is 10.0. The van der Waals surface area contributed by atoms with Crippen molar-refractivity contribution in [3.8, 4) is 11.5 Å². The number of para-hydroxylation sites is 1. The van der Waals surface area contributed by atoms with Crippen LogP contribution in [-0.4, -0.2) is 42.6 Å². The Morgan fingerprint density at radius 1 is 1.26 bits per heavy atom. The molecule has 6 nitrogen and oxygen atoms in total. The molecule has 1 aromatic heterocycles. The highest BCUT2D eigenvalue weighted by molar-refractivity contribution is 7.07. The van der Waals surface area contributed by atoms with Gasteiger partial charge in [-0.3, -0.25) is 4.79 Å². The summed E-state index contributed by atoms with van der Waals surface area (Å²) in [4.78, 5) is 25.5.